The van der Waals surface area contributed by atoms with Crippen molar-refractivity contribution in [3.8, 4) is 0 Å². The summed E-state index contributed by atoms with van der Waals surface area (Å²) in [5, 5.41) is 12.1. The molecule has 0 bridgehead atoms. The van der Waals surface area contributed by atoms with Crippen LogP contribution < -0.4 is 11.1 Å². The lowest BCUT2D eigenvalue weighted by Crippen LogP contribution is -2.41. The van der Waals surface area contributed by atoms with Gasteiger partial charge in [0.2, 0.25) is 5.91 Å². The van der Waals surface area contributed by atoms with E-state index in [9.17, 15) is 4.79 Å². The molecular weight excluding hydrogens is 168 g/mol. The molecule has 4 N–H and O–H groups in total. The third-order valence-corrected chi connectivity index (χ3v) is 1.86. The monoisotopic (exact) mass is 188 g/mol. The maximum absolute atomic E-state index is 10.9. The number of nitrogens with two attached hydrogens (primary N) is 1. The van der Waals surface area contributed by atoms with E-state index in [2.05, 4.69) is 5.32 Å². The number of carbonyl (C=O) groups excluding carboxylic acids is 1. The van der Waals surface area contributed by atoms with E-state index in [0.29, 0.717) is 12.8 Å². The zero-order valence-electron chi connectivity index (χ0n) is 8.42. The highest BCUT2D eigenvalue weighted by Gasteiger charge is 2.14. The minimum atomic E-state index is -0.370. The number of hydrogen-bond donors (Lipinski definition) is 3. The van der Waals surface area contributed by atoms with Gasteiger partial charge in [-0.1, -0.05) is 6.92 Å². The van der Waals surface area contributed by atoms with Crippen molar-refractivity contribution in [1.82, 2.24) is 5.32 Å². The Hall–Kier alpha value is -0.610. The molecular formula is C9H20N2O2. The van der Waals surface area contributed by atoms with Gasteiger partial charge in [-0.2, -0.15) is 0 Å². The van der Waals surface area contributed by atoms with Gasteiger partial charge in [0.15, 0.2) is 0 Å². The molecule has 0 fully saturated rings. The summed E-state index contributed by atoms with van der Waals surface area (Å²) in [7, 11) is 0. The van der Waals surface area contributed by atoms with Crippen LogP contribution in [-0.2, 0) is 4.79 Å². The molecule has 0 aromatic carbocycles. The van der Waals surface area contributed by atoms with Crippen molar-refractivity contribution >= 4 is 5.91 Å². The predicted molar refractivity (Wildman–Crippen MR) is 52.2 cm³/mol. The van der Waals surface area contributed by atoms with E-state index in [1.807, 2.05) is 6.92 Å². The molecule has 2 unspecified atom stereocenters. The Balaban J connectivity index is 3.74. The minimum absolute atomic E-state index is 0.297. The summed E-state index contributed by atoms with van der Waals surface area (Å²) in [4.78, 5) is 10.9. The largest absolute Gasteiger partial charge is 0.393 e. The van der Waals surface area contributed by atoms with Crippen LogP contribution in [0.2, 0.25) is 0 Å². The van der Waals surface area contributed by atoms with Gasteiger partial charge >= 0.3 is 0 Å². The fraction of sp³-hybridized carbons (Fsp3) is 0.889. The van der Waals surface area contributed by atoms with Gasteiger partial charge in [0.25, 0.3) is 0 Å². The zero-order valence-corrected chi connectivity index (χ0v) is 8.42. The molecule has 78 valence electrons. The summed E-state index contributed by atoms with van der Waals surface area (Å²) in [5.41, 5.74) is 5.18. The quantitative estimate of drug-likeness (QED) is 0.526. The molecule has 0 saturated carbocycles. The van der Waals surface area contributed by atoms with Crippen molar-refractivity contribution in [3.63, 3.8) is 0 Å². The lowest BCUT2D eigenvalue weighted by Gasteiger charge is -2.15. The molecule has 4 nitrogen and oxygen atoms in total. The molecule has 13 heavy (non-hydrogen) atoms. The minimum Gasteiger partial charge on any atom is -0.393 e. The Morgan fingerprint density at radius 1 is 1.54 bits per heavy atom. The van der Waals surface area contributed by atoms with Crippen molar-refractivity contribution in [3.05, 3.63) is 0 Å². The second-order valence-corrected chi connectivity index (χ2v) is 3.34. The van der Waals surface area contributed by atoms with Crippen molar-refractivity contribution in [2.45, 2.75) is 45.3 Å². The van der Waals surface area contributed by atoms with Gasteiger partial charge in [-0.15, -0.1) is 0 Å². The SMILES string of the molecule is CCCNC(CCC(C)O)C(N)=O. The second kappa shape index (κ2) is 6.86. The van der Waals surface area contributed by atoms with Crippen molar-refractivity contribution in [2.24, 2.45) is 5.73 Å². The molecule has 0 rings (SSSR count). The molecule has 0 spiro atoms. The number of primary amides is 1. The number of nitrogens with one attached hydrogen (secondary N) is 1. The van der Waals surface area contributed by atoms with Gasteiger partial charge in [-0.3, -0.25) is 4.79 Å². The first-order chi connectivity index (χ1) is 6.07. The van der Waals surface area contributed by atoms with E-state index < -0.39 is 0 Å². The van der Waals surface area contributed by atoms with Gasteiger partial charge in [0.05, 0.1) is 12.1 Å². The van der Waals surface area contributed by atoms with Crippen molar-refractivity contribution in [2.75, 3.05) is 6.54 Å². The highest BCUT2D eigenvalue weighted by Crippen LogP contribution is 2.00. The van der Waals surface area contributed by atoms with E-state index in [4.69, 9.17) is 10.8 Å². The van der Waals surface area contributed by atoms with Crippen LogP contribution in [0.4, 0.5) is 0 Å². The van der Waals surface area contributed by atoms with Crippen LogP contribution in [0.25, 0.3) is 0 Å². The van der Waals surface area contributed by atoms with Crippen LogP contribution in [0.3, 0.4) is 0 Å². The summed E-state index contributed by atoms with van der Waals surface area (Å²) >= 11 is 0. The third kappa shape index (κ3) is 6.54. The lowest BCUT2D eigenvalue weighted by molar-refractivity contribution is -0.120. The maximum atomic E-state index is 10.9. The lowest BCUT2D eigenvalue weighted by atomic mass is 10.1. The first-order valence-corrected chi connectivity index (χ1v) is 4.78. The van der Waals surface area contributed by atoms with Gasteiger partial charge in [0.1, 0.15) is 0 Å². The Morgan fingerprint density at radius 3 is 2.54 bits per heavy atom. The van der Waals surface area contributed by atoms with E-state index >= 15 is 0 Å². The van der Waals surface area contributed by atoms with Crippen molar-refractivity contribution in [1.29, 1.82) is 0 Å². The molecule has 0 aliphatic carbocycles. The molecule has 0 aromatic heterocycles. The molecule has 0 aliphatic heterocycles. The third-order valence-electron chi connectivity index (χ3n) is 1.86. The maximum Gasteiger partial charge on any atom is 0.234 e. The van der Waals surface area contributed by atoms with E-state index in [1.165, 1.54) is 0 Å². The number of rotatable bonds is 7. The normalized spacial score (nSPS) is 15.3. The second-order valence-electron chi connectivity index (χ2n) is 3.34. The highest BCUT2D eigenvalue weighted by atomic mass is 16.3. The average molecular weight is 188 g/mol. The average Bonchev–Trinajstić information content (AvgIpc) is 2.03. The number of hydrogen-bond acceptors (Lipinski definition) is 3. The van der Waals surface area contributed by atoms with Crippen LogP contribution in [0.15, 0.2) is 0 Å². The highest BCUT2D eigenvalue weighted by molar-refractivity contribution is 5.79. The van der Waals surface area contributed by atoms with Gasteiger partial charge in [0, 0.05) is 0 Å². The van der Waals surface area contributed by atoms with Crippen LogP contribution in [0, 0.1) is 0 Å². The molecule has 1 amide bonds. The molecule has 4 heteroatoms. The summed E-state index contributed by atoms with van der Waals surface area (Å²) in [6, 6.07) is -0.297. The molecule has 0 radical (unpaired) electrons. The smallest absolute Gasteiger partial charge is 0.234 e. The van der Waals surface area contributed by atoms with Gasteiger partial charge < -0.3 is 16.2 Å². The molecule has 0 saturated heterocycles. The standard InChI is InChI=1S/C9H20N2O2/c1-3-6-11-8(9(10)13)5-4-7(2)12/h7-8,11-12H,3-6H2,1-2H3,(H2,10,13). The molecule has 2 atom stereocenters. The van der Waals surface area contributed by atoms with Gasteiger partial charge in [-0.25, -0.2) is 0 Å². The Morgan fingerprint density at radius 2 is 2.15 bits per heavy atom. The number of aliphatic hydroxyl groups is 1. The number of amides is 1. The van der Waals surface area contributed by atoms with Gasteiger partial charge in [-0.05, 0) is 32.7 Å². The van der Waals surface area contributed by atoms with E-state index in [-0.39, 0.29) is 18.1 Å². The summed E-state index contributed by atoms with van der Waals surface area (Å²) in [6.07, 6.45) is 1.81. The summed E-state index contributed by atoms with van der Waals surface area (Å²) in [5.74, 6) is -0.339. The van der Waals surface area contributed by atoms with Crippen LogP contribution in [-0.4, -0.2) is 29.7 Å². The number of carbonyl (C=O) groups is 1. The summed E-state index contributed by atoms with van der Waals surface area (Å²) < 4.78 is 0. The molecule has 0 aromatic rings. The van der Waals surface area contributed by atoms with Crippen LogP contribution in [0.5, 0.6) is 0 Å². The molecule has 0 heterocycles. The van der Waals surface area contributed by atoms with Crippen LogP contribution >= 0.6 is 0 Å². The zero-order chi connectivity index (χ0) is 10.3. The number of aliphatic hydroxyl groups excluding tert-OH is 1. The fourth-order valence-electron chi connectivity index (χ4n) is 1.07. The Kier molecular flexibility index (Phi) is 6.54. The Labute approximate surface area is 79.5 Å². The molecule has 0 aliphatic rings. The topological polar surface area (TPSA) is 75.3 Å². The van der Waals surface area contributed by atoms with Crippen LogP contribution in [0.1, 0.15) is 33.1 Å². The summed E-state index contributed by atoms with van der Waals surface area (Å²) in [6.45, 7) is 4.52. The fourth-order valence-corrected chi connectivity index (χ4v) is 1.07. The van der Waals surface area contributed by atoms with E-state index in [0.717, 1.165) is 13.0 Å². The Bertz CT molecular complexity index is 149. The first-order valence-electron chi connectivity index (χ1n) is 4.78. The van der Waals surface area contributed by atoms with E-state index in [1.54, 1.807) is 6.92 Å². The predicted octanol–water partition coefficient (Wildman–Crippen LogP) is 0.000900. The first kappa shape index (κ1) is 12.4. The van der Waals surface area contributed by atoms with Crippen molar-refractivity contribution < 1.29 is 9.90 Å².